The molecule has 2 heterocycles. The summed E-state index contributed by atoms with van der Waals surface area (Å²) in [6.07, 6.45) is 7.63. The van der Waals surface area contributed by atoms with Crippen molar-refractivity contribution in [3.63, 3.8) is 0 Å². The summed E-state index contributed by atoms with van der Waals surface area (Å²) < 4.78 is 0. The molecule has 1 aromatic carbocycles. The van der Waals surface area contributed by atoms with Crippen molar-refractivity contribution < 1.29 is 9.59 Å². The molecule has 1 saturated carbocycles. The van der Waals surface area contributed by atoms with E-state index in [1.807, 2.05) is 12.1 Å². The van der Waals surface area contributed by atoms with Gasteiger partial charge in [0.1, 0.15) is 0 Å². The van der Waals surface area contributed by atoms with Gasteiger partial charge in [0.05, 0.1) is 17.8 Å². The average Bonchev–Trinajstić information content (AvgIpc) is 2.81. The maximum Gasteiger partial charge on any atom is 0.262 e. The van der Waals surface area contributed by atoms with Crippen LogP contribution in [-0.4, -0.2) is 40.9 Å². The van der Waals surface area contributed by atoms with Gasteiger partial charge < -0.3 is 0 Å². The molecule has 4 heteroatoms. The van der Waals surface area contributed by atoms with Crippen LogP contribution in [0, 0.1) is 5.92 Å². The monoisotopic (exact) mass is 298 g/mol. The number of piperidine rings is 1. The molecule has 0 radical (unpaired) electrons. The summed E-state index contributed by atoms with van der Waals surface area (Å²) in [6, 6.07) is 7.73. The zero-order valence-electron chi connectivity index (χ0n) is 12.8. The molecule has 0 spiro atoms. The van der Waals surface area contributed by atoms with Gasteiger partial charge in [-0.1, -0.05) is 25.0 Å². The zero-order valence-corrected chi connectivity index (χ0v) is 12.8. The van der Waals surface area contributed by atoms with E-state index in [4.69, 9.17) is 0 Å². The minimum Gasteiger partial charge on any atom is -0.282 e. The fraction of sp³-hybridized carbons (Fsp3) is 0.556. The first-order chi connectivity index (χ1) is 10.8. The van der Waals surface area contributed by atoms with Crippen LogP contribution in [0.25, 0.3) is 0 Å². The molecule has 0 unspecified atom stereocenters. The van der Waals surface area contributed by atoms with E-state index in [9.17, 15) is 9.59 Å². The third-order valence-electron chi connectivity index (χ3n) is 5.56. The first kappa shape index (κ1) is 13.9. The Labute approximate surface area is 131 Å². The van der Waals surface area contributed by atoms with E-state index in [0.717, 1.165) is 12.5 Å². The van der Waals surface area contributed by atoms with Crippen LogP contribution < -0.4 is 0 Å². The first-order valence-corrected chi connectivity index (χ1v) is 8.45. The van der Waals surface area contributed by atoms with Crippen molar-refractivity contribution in [2.75, 3.05) is 13.2 Å². The number of likely N-dealkylation sites (tertiary alicyclic amines) is 1. The molecule has 4 rings (SSSR count). The van der Waals surface area contributed by atoms with E-state index >= 15 is 0 Å². The maximum atomic E-state index is 12.5. The second-order valence-corrected chi connectivity index (χ2v) is 6.79. The molecule has 0 aromatic heterocycles. The highest BCUT2D eigenvalue weighted by Gasteiger charge is 2.39. The fourth-order valence-electron chi connectivity index (χ4n) is 4.45. The standard InChI is InChI=1S/C18H22N2O2/c21-17-14-8-2-3-9-15(14)18(22)20(17)12-19-11-5-7-13-6-1-4-10-16(13)19/h2-3,8-9,13,16H,1,4-7,10-12H2/t13-,16-/m0/s1. The Balaban J connectivity index is 1.54. The molecule has 22 heavy (non-hydrogen) atoms. The maximum absolute atomic E-state index is 12.5. The van der Waals surface area contributed by atoms with Crippen molar-refractivity contribution in [2.45, 2.75) is 44.6 Å². The highest BCUT2D eigenvalue weighted by molar-refractivity contribution is 6.21. The number of fused-ring (bicyclic) bond motifs is 2. The lowest BCUT2D eigenvalue weighted by molar-refractivity contribution is 0.0170. The minimum atomic E-state index is -0.126. The highest BCUT2D eigenvalue weighted by Crippen LogP contribution is 2.36. The van der Waals surface area contributed by atoms with E-state index in [-0.39, 0.29) is 11.8 Å². The van der Waals surface area contributed by atoms with Gasteiger partial charge in [-0.25, -0.2) is 0 Å². The van der Waals surface area contributed by atoms with Crippen molar-refractivity contribution in [1.29, 1.82) is 0 Å². The number of benzene rings is 1. The molecule has 2 atom stereocenters. The van der Waals surface area contributed by atoms with Crippen molar-refractivity contribution in [1.82, 2.24) is 9.80 Å². The Bertz CT molecular complexity index is 576. The molecule has 1 aromatic rings. The van der Waals surface area contributed by atoms with Crippen molar-refractivity contribution in [3.05, 3.63) is 35.4 Å². The largest absolute Gasteiger partial charge is 0.282 e. The summed E-state index contributed by atoms with van der Waals surface area (Å²) in [5.74, 6) is 0.509. The summed E-state index contributed by atoms with van der Waals surface area (Å²) >= 11 is 0. The Kier molecular flexibility index (Phi) is 3.49. The van der Waals surface area contributed by atoms with Crippen LogP contribution in [-0.2, 0) is 0 Å². The fourth-order valence-corrected chi connectivity index (χ4v) is 4.45. The van der Waals surface area contributed by atoms with E-state index in [1.165, 1.54) is 43.4 Å². The van der Waals surface area contributed by atoms with Gasteiger partial charge in [0.15, 0.2) is 0 Å². The van der Waals surface area contributed by atoms with Gasteiger partial charge in [0.2, 0.25) is 0 Å². The molecule has 2 aliphatic heterocycles. The van der Waals surface area contributed by atoms with Crippen LogP contribution >= 0.6 is 0 Å². The zero-order chi connectivity index (χ0) is 15.1. The van der Waals surface area contributed by atoms with E-state index in [2.05, 4.69) is 4.90 Å². The molecule has 1 aliphatic carbocycles. The van der Waals surface area contributed by atoms with Crippen molar-refractivity contribution in [2.24, 2.45) is 5.92 Å². The number of nitrogens with zero attached hydrogens (tertiary/aromatic N) is 2. The summed E-state index contributed by atoms with van der Waals surface area (Å²) in [7, 11) is 0. The molecule has 2 amide bonds. The van der Waals surface area contributed by atoms with Gasteiger partial charge >= 0.3 is 0 Å². The van der Waals surface area contributed by atoms with Gasteiger partial charge in [-0.2, -0.15) is 0 Å². The predicted octanol–water partition coefficient (Wildman–Crippen LogP) is 2.89. The Morgan fingerprint density at radius 2 is 1.55 bits per heavy atom. The average molecular weight is 298 g/mol. The number of carbonyl (C=O) groups excluding carboxylic acids is 2. The number of amides is 2. The predicted molar refractivity (Wildman–Crippen MR) is 83.5 cm³/mol. The molecule has 3 aliphatic rings. The van der Waals surface area contributed by atoms with Gasteiger partial charge in [-0.3, -0.25) is 19.4 Å². The molecule has 0 bridgehead atoms. The summed E-state index contributed by atoms with van der Waals surface area (Å²) in [6.45, 7) is 1.47. The smallest absolute Gasteiger partial charge is 0.262 e. The molecular weight excluding hydrogens is 276 g/mol. The van der Waals surface area contributed by atoms with Crippen molar-refractivity contribution >= 4 is 11.8 Å². The molecule has 4 nitrogen and oxygen atoms in total. The number of hydrogen-bond acceptors (Lipinski definition) is 3. The summed E-state index contributed by atoms with van der Waals surface area (Å²) in [4.78, 5) is 28.9. The van der Waals surface area contributed by atoms with Crippen molar-refractivity contribution in [3.8, 4) is 0 Å². The third-order valence-corrected chi connectivity index (χ3v) is 5.56. The van der Waals surface area contributed by atoms with E-state index in [1.54, 1.807) is 12.1 Å². The SMILES string of the molecule is O=C1c2ccccc2C(=O)N1CN1CCC[C@@H]2CCCC[C@@H]21. The quantitative estimate of drug-likeness (QED) is 0.788. The topological polar surface area (TPSA) is 40.6 Å². The molecule has 2 fully saturated rings. The van der Waals surface area contributed by atoms with Crippen LogP contribution in [0.3, 0.4) is 0 Å². The summed E-state index contributed by atoms with van der Waals surface area (Å²) in [5, 5.41) is 0. The van der Waals surface area contributed by atoms with Crippen LogP contribution in [0.4, 0.5) is 0 Å². The van der Waals surface area contributed by atoms with Crippen LogP contribution in [0.2, 0.25) is 0 Å². The second kappa shape index (κ2) is 5.51. The molecule has 1 saturated heterocycles. The Hall–Kier alpha value is -1.68. The van der Waals surface area contributed by atoms with Crippen LogP contribution in [0.15, 0.2) is 24.3 Å². The van der Waals surface area contributed by atoms with E-state index < -0.39 is 0 Å². The molecular formula is C18H22N2O2. The van der Waals surface area contributed by atoms with Crippen LogP contribution in [0.1, 0.15) is 59.2 Å². The number of rotatable bonds is 2. The molecule has 0 N–H and O–H groups in total. The van der Waals surface area contributed by atoms with Gasteiger partial charge in [-0.05, 0) is 43.7 Å². The number of carbonyl (C=O) groups is 2. The van der Waals surface area contributed by atoms with Gasteiger partial charge in [-0.15, -0.1) is 0 Å². The lowest BCUT2D eigenvalue weighted by atomic mass is 9.78. The lowest BCUT2D eigenvalue weighted by Crippen LogP contribution is -2.52. The number of imide groups is 1. The van der Waals surface area contributed by atoms with Gasteiger partial charge in [0, 0.05) is 12.6 Å². The summed E-state index contributed by atoms with van der Waals surface area (Å²) in [5.41, 5.74) is 1.12. The van der Waals surface area contributed by atoms with E-state index in [0.29, 0.717) is 23.8 Å². The molecule has 116 valence electrons. The third kappa shape index (κ3) is 2.17. The normalized spacial score (nSPS) is 28.6. The Morgan fingerprint density at radius 1 is 0.909 bits per heavy atom. The number of hydrogen-bond donors (Lipinski definition) is 0. The lowest BCUT2D eigenvalue weighted by Gasteiger charge is -2.45. The second-order valence-electron chi connectivity index (χ2n) is 6.79. The Morgan fingerprint density at radius 3 is 2.27 bits per heavy atom. The minimum absolute atomic E-state index is 0.126. The van der Waals surface area contributed by atoms with Gasteiger partial charge in [0.25, 0.3) is 11.8 Å². The highest BCUT2D eigenvalue weighted by atomic mass is 16.2. The van der Waals surface area contributed by atoms with Crippen LogP contribution in [0.5, 0.6) is 0 Å². The first-order valence-electron chi connectivity index (χ1n) is 8.45.